The van der Waals surface area contributed by atoms with Gasteiger partial charge in [0, 0.05) is 24.0 Å². The summed E-state index contributed by atoms with van der Waals surface area (Å²) in [5.41, 5.74) is 4.70. The molecule has 30 heavy (non-hydrogen) atoms. The van der Waals surface area contributed by atoms with Crippen molar-refractivity contribution in [3.05, 3.63) is 58.3 Å². The van der Waals surface area contributed by atoms with Crippen molar-refractivity contribution in [2.75, 3.05) is 19.6 Å². The zero-order chi connectivity index (χ0) is 20.8. The largest absolute Gasteiger partial charge is 0.303 e. The quantitative estimate of drug-likeness (QED) is 0.525. The second-order valence-corrected chi connectivity index (χ2v) is 8.22. The third-order valence-electron chi connectivity index (χ3n) is 6.19. The topological polar surface area (TPSA) is 68.3 Å². The number of imidazole rings is 1. The molecule has 0 bridgehead atoms. The molecule has 0 amide bonds. The summed E-state index contributed by atoms with van der Waals surface area (Å²) in [7, 11) is 0. The molecule has 0 unspecified atom stereocenters. The van der Waals surface area contributed by atoms with Gasteiger partial charge in [0.25, 0.3) is 5.56 Å². The average Bonchev–Trinajstić information content (AvgIpc) is 3.15. The second-order valence-electron chi connectivity index (χ2n) is 8.22. The van der Waals surface area contributed by atoms with Crippen molar-refractivity contribution in [1.29, 1.82) is 0 Å². The number of fused-ring (bicyclic) bond motifs is 2. The maximum atomic E-state index is 13.1. The van der Waals surface area contributed by atoms with Crippen LogP contribution < -0.4 is 5.56 Å². The first-order chi connectivity index (χ1) is 14.5. The monoisotopic (exact) mass is 402 g/mol. The zero-order valence-corrected chi connectivity index (χ0v) is 17.7. The summed E-state index contributed by atoms with van der Waals surface area (Å²) in [5, 5.41) is 10.8. The van der Waals surface area contributed by atoms with Gasteiger partial charge in [0.05, 0.1) is 35.2 Å². The van der Waals surface area contributed by atoms with E-state index in [0.717, 1.165) is 66.0 Å². The first-order valence-electron chi connectivity index (χ1n) is 10.6. The van der Waals surface area contributed by atoms with Gasteiger partial charge in [-0.2, -0.15) is 10.2 Å². The van der Waals surface area contributed by atoms with Crippen LogP contribution in [-0.4, -0.2) is 48.9 Å². The minimum absolute atomic E-state index is 0.00109. The lowest BCUT2D eigenvalue weighted by molar-refractivity contribution is 0.185. The highest BCUT2D eigenvalue weighted by molar-refractivity contribution is 5.85. The molecule has 1 aromatic carbocycles. The predicted molar refractivity (Wildman–Crippen MR) is 118 cm³/mol. The molecule has 7 nitrogen and oxygen atoms in total. The van der Waals surface area contributed by atoms with E-state index in [2.05, 4.69) is 21.9 Å². The summed E-state index contributed by atoms with van der Waals surface area (Å²) in [5.74, 6) is 0. The van der Waals surface area contributed by atoms with E-state index in [9.17, 15) is 4.79 Å². The van der Waals surface area contributed by atoms with Crippen LogP contribution in [0.5, 0.6) is 0 Å². The maximum absolute atomic E-state index is 13.1. The minimum atomic E-state index is -0.00109. The van der Waals surface area contributed by atoms with Gasteiger partial charge in [-0.15, -0.1) is 0 Å². The van der Waals surface area contributed by atoms with Gasteiger partial charge in [0.15, 0.2) is 5.65 Å². The van der Waals surface area contributed by atoms with Crippen molar-refractivity contribution in [2.24, 2.45) is 0 Å². The number of likely N-dealkylation sites (tertiary alicyclic amines) is 1. The third-order valence-corrected chi connectivity index (χ3v) is 6.19. The van der Waals surface area contributed by atoms with Gasteiger partial charge < -0.3 is 4.90 Å². The molecular weight excluding hydrogens is 376 g/mol. The molecule has 5 rings (SSSR count). The Morgan fingerprint density at radius 1 is 1.13 bits per heavy atom. The molecule has 4 heterocycles. The molecular formula is C23H26N6O. The van der Waals surface area contributed by atoms with E-state index in [-0.39, 0.29) is 11.6 Å². The van der Waals surface area contributed by atoms with Gasteiger partial charge in [0.2, 0.25) is 0 Å². The Morgan fingerprint density at radius 2 is 1.93 bits per heavy atom. The van der Waals surface area contributed by atoms with Crippen LogP contribution in [0, 0.1) is 13.8 Å². The lowest BCUT2D eigenvalue weighted by Gasteiger charge is -2.31. The molecule has 1 fully saturated rings. The number of nitrogens with zero attached hydrogens (tertiary/aromatic N) is 6. The van der Waals surface area contributed by atoms with Gasteiger partial charge in [-0.05, 0) is 57.0 Å². The van der Waals surface area contributed by atoms with Crippen LogP contribution in [0.4, 0.5) is 0 Å². The molecule has 1 aliphatic heterocycles. The molecule has 0 saturated carbocycles. The summed E-state index contributed by atoms with van der Waals surface area (Å²) in [4.78, 5) is 20.1. The van der Waals surface area contributed by atoms with Gasteiger partial charge in [-0.1, -0.05) is 13.0 Å². The molecule has 1 saturated heterocycles. The van der Waals surface area contributed by atoms with Crippen molar-refractivity contribution >= 4 is 16.4 Å². The highest BCUT2D eigenvalue weighted by Crippen LogP contribution is 2.25. The Labute approximate surface area is 175 Å². The fourth-order valence-corrected chi connectivity index (χ4v) is 4.45. The van der Waals surface area contributed by atoms with E-state index < -0.39 is 0 Å². The molecule has 0 atom stereocenters. The van der Waals surface area contributed by atoms with Crippen molar-refractivity contribution < 1.29 is 0 Å². The molecule has 3 aromatic heterocycles. The normalized spacial score (nSPS) is 16.0. The first kappa shape index (κ1) is 18.9. The molecule has 1 aliphatic rings. The summed E-state index contributed by atoms with van der Waals surface area (Å²) < 4.78 is 3.51. The Bertz CT molecular complexity index is 1300. The van der Waals surface area contributed by atoms with Crippen LogP contribution in [0.15, 0.2) is 41.5 Å². The van der Waals surface area contributed by atoms with Crippen LogP contribution in [0.3, 0.4) is 0 Å². The number of benzene rings is 1. The molecule has 7 heteroatoms. The third kappa shape index (κ3) is 3.19. The molecule has 0 aliphatic carbocycles. The van der Waals surface area contributed by atoms with Gasteiger partial charge in [-0.25, -0.2) is 14.2 Å². The SMILES string of the molecule is CCN1CCC(n2ncc3cc(-c4cc(C)c5nc(C)cn5n4)ccc3c2=O)CC1. The van der Waals surface area contributed by atoms with E-state index in [1.165, 1.54) is 0 Å². The summed E-state index contributed by atoms with van der Waals surface area (Å²) >= 11 is 0. The number of piperidine rings is 1. The average molecular weight is 403 g/mol. The summed E-state index contributed by atoms with van der Waals surface area (Å²) in [6.45, 7) is 9.29. The fourth-order valence-electron chi connectivity index (χ4n) is 4.45. The van der Waals surface area contributed by atoms with Crippen LogP contribution in [0.25, 0.3) is 27.7 Å². The molecule has 154 valence electrons. The predicted octanol–water partition coefficient (Wildman–Crippen LogP) is 3.38. The van der Waals surface area contributed by atoms with E-state index >= 15 is 0 Å². The van der Waals surface area contributed by atoms with E-state index in [4.69, 9.17) is 5.10 Å². The lowest BCUT2D eigenvalue weighted by atomic mass is 10.0. The van der Waals surface area contributed by atoms with Crippen LogP contribution in [0.2, 0.25) is 0 Å². The lowest BCUT2D eigenvalue weighted by Crippen LogP contribution is -2.38. The van der Waals surface area contributed by atoms with E-state index in [1.54, 1.807) is 4.68 Å². The van der Waals surface area contributed by atoms with E-state index in [0.29, 0.717) is 5.39 Å². The minimum Gasteiger partial charge on any atom is -0.303 e. The Morgan fingerprint density at radius 3 is 2.70 bits per heavy atom. The van der Waals surface area contributed by atoms with Gasteiger partial charge in [0.1, 0.15) is 0 Å². The first-order valence-corrected chi connectivity index (χ1v) is 10.6. The molecule has 0 radical (unpaired) electrons. The number of hydrogen-bond acceptors (Lipinski definition) is 5. The smallest absolute Gasteiger partial charge is 0.274 e. The van der Waals surface area contributed by atoms with Crippen molar-refractivity contribution in [3.63, 3.8) is 0 Å². The zero-order valence-electron chi connectivity index (χ0n) is 17.7. The van der Waals surface area contributed by atoms with Crippen LogP contribution in [-0.2, 0) is 0 Å². The number of aryl methyl sites for hydroxylation is 2. The molecule has 4 aromatic rings. The summed E-state index contributed by atoms with van der Waals surface area (Å²) in [6.07, 6.45) is 5.69. The molecule has 0 spiro atoms. The van der Waals surface area contributed by atoms with E-state index in [1.807, 2.05) is 55.0 Å². The number of aromatic nitrogens is 5. The van der Waals surface area contributed by atoms with Crippen molar-refractivity contribution in [3.8, 4) is 11.3 Å². The highest BCUT2D eigenvalue weighted by atomic mass is 16.1. The summed E-state index contributed by atoms with van der Waals surface area (Å²) in [6, 6.07) is 8.11. The Balaban J connectivity index is 1.52. The number of hydrogen-bond donors (Lipinski definition) is 0. The Kier molecular flexibility index (Phi) is 4.62. The second kappa shape index (κ2) is 7.32. The Hall–Kier alpha value is -3.06. The molecule has 0 N–H and O–H groups in total. The number of rotatable bonds is 3. The van der Waals surface area contributed by atoms with Crippen molar-refractivity contribution in [2.45, 2.75) is 39.7 Å². The van der Waals surface area contributed by atoms with Gasteiger partial charge in [-0.3, -0.25) is 4.79 Å². The fraction of sp³-hybridized carbons (Fsp3) is 0.391. The van der Waals surface area contributed by atoms with Gasteiger partial charge >= 0.3 is 0 Å². The standard InChI is InChI=1S/C23H26N6O/c1-4-27-9-7-19(8-10-27)29-23(30)20-6-5-17(12-18(20)13-24-29)21-11-15(2)22-25-16(3)14-28(22)26-21/h5-6,11-14,19H,4,7-10H2,1-3H3. The van der Waals surface area contributed by atoms with Crippen molar-refractivity contribution in [1.82, 2.24) is 29.3 Å². The van der Waals surface area contributed by atoms with Crippen LogP contribution in [0.1, 0.15) is 37.1 Å². The highest BCUT2D eigenvalue weighted by Gasteiger charge is 2.22. The van der Waals surface area contributed by atoms with Crippen LogP contribution >= 0.6 is 0 Å². The maximum Gasteiger partial charge on any atom is 0.274 e.